The van der Waals surface area contributed by atoms with Crippen LogP contribution in [0.2, 0.25) is 0 Å². The third-order valence-electron chi connectivity index (χ3n) is 24.2. The van der Waals surface area contributed by atoms with Gasteiger partial charge in [-0.15, -0.1) is 0 Å². The number of carbonyl (C=O) groups excluding carboxylic acids is 8. The number of amides is 3. The maximum atomic E-state index is 16.5. The van der Waals surface area contributed by atoms with Gasteiger partial charge in [0.1, 0.15) is 36.1 Å². The second kappa shape index (κ2) is 31.8. The molecule has 7 N–H and O–H groups in total. The number of carbonyl (C=O) groups is 8. The highest BCUT2D eigenvalue weighted by Crippen LogP contribution is 2.66. The van der Waals surface area contributed by atoms with Crippen LogP contribution in [0.1, 0.15) is 184 Å². The van der Waals surface area contributed by atoms with Crippen LogP contribution < -0.4 is 16.0 Å². The SMILES string of the molecule is C=C1/C(=C\C=C2/CCC[C@@]3(C)C2CCC3[C@@H](C)/C=C/C(OC(=O)NCCCCCCNC(=O)OC2CC3OCC3(OC(C)=O)C3C(OC(=O)c4ccccc4)C4(O)CC(OC(=O)C(O)C(NC(=O)c5ccccc5)c5ccccc5)C(C)=C(C(OC(C)=O)C(=O)C23C)C4(C)C)C2CC2)C[C@@H](O)C[C@@H]1O. The molecule has 22 nitrogen and oxygen atoms in total. The molecule has 560 valence electrons. The topological polar surface area (TPSA) is 318 Å². The van der Waals surface area contributed by atoms with E-state index in [1.807, 2.05) is 0 Å². The molecule has 3 aromatic carbocycles. The molecular weight excluding hydrogens is 1330 g/mol. The molecular formula is C82H103N3O19. The van der Waals surface area contributed by atoms with Gasteiger partial charge in [0.2, 0.25) is 0 Å². The zero-order valence-electron chi connectivity index (χ0n) is 61.0. The number of fused-ring (bicyclic) bond motifs is 6. The van der Waals surface area contributed by atoms with E-state index in [0.717, 1.165) is 64.4 Å². The molecule has 1 aliphatic heterocycles. The molecule has 104 heavy (non-hydrogen) atoms. The molecule has 14 unspecified atom stereocenters. The number of hydrogen-bond donors (Lipinski definition) is 7. The van der Waals surface area contributed by atoms with Gasteiger partial charge in [-0.05, 0) is 165 Å². The fourth-order valence-electron chi connectivity index (χ4n) is 18.4. The minimum atomic E-state index is -2.51. The molecule has 2 bridgehead atoms. The summed E-state index contributed by atoms with van der Waals surface area (Å²) in [5, 5.41) is 55.6. The molecule has 18 atom stereocenters. The molecule has 0 spiro atoms. The number of allylic oxidation sites excluding steroid dienone is 4. The Bertz CT molecular complexity index is 3830. The van der Waals surface area contributed by atoms with Gasteiger partial charge in [0.15, 0.2) is 23.6 Å². The van der Waals surface area contributed by atoms with Crippen molar-refractivity contribution in [3.05, 3.63) is 166 Å². The molecule has 6 saturated carbocycles. The standard InChI is InChI=1S/C82H103N3O19/c1-47(59-36-37-60-52(30-23-39-79(59,60)8)32-35-57-42-58(88)43-61(89)48(57)2)31-38-62(53-33-34-53)101-76(95)83-40-21-10-11-22-41-84-77(96)102-64-44-65-81(46-98-65,104-51(5)87)70-72(103-74(93)56-28-19-14-20-29-56)82(97)45-63(49(3)66(78(82,6)7)69(99-50(4)86)71(91)80(64,70)9)100-75(94)68(90)67(54-24-15-12-16-25-54)85-73(92)55-26-17-13-18-27-55/h12-20,24-29,31-32,35,38,47,53,58-65,67-70,72,88-90,97H,2,10-11,21-23,30,33-34,36-37,39-46H2,1,3-9H3,(H,83,95)(H,84,96)(H,85,92)/b38-31+,52-32+,57-35-/t47-,58+,59?,60?,61-,62?,63?,64?,65?,67?,68?,69?,70?,72?,79+,80?,81?,82?/m0/s1. The third kappa shape index (κ3) is 15.7. The van der Waals surface area contributed by atoms with E-state index in [1.165, 1.54) is 31.6 Å². The minimum Gasteiger partial charge on any atom is -0.456 e. The average Bonchev–Trinajstić information content (AvgIpc) is 1.23. The van der Waals surface area contributed by atoms with Gasteiger partial charge in [-0.25, -0.2) is 19.2 Å². The van der Waals surface area contributed by atoms with Gasteiger partial charge in [-0.1, -0.05) is 138 Å². The number of ether oxygens (including phenoxy) is 7. The van der Waals surface area contributed by atoms with E-state index in [9.17, 15) is 54.0 Å². The Hall–Kier alpha value is -8.28. The Balaban J connectivity index is 0.765. The monoisotopic (exact) mass is 1430 g/mol. The number of aliphatic hydroxyl groups excluding tert-OH is 3. The molecule has 1 saturated heterocycles. The predicted octanol–water partition coefficient (Wildman–Crippen LogP) is 10.9. The molecule has 11 rings (SSSR count). The van der Waals surface area contributed by atoms with E-state index in [1.54, 1.807) is 92.7 Å². The van der Waals surface area contributed by atoms with Gasteiger partial charge in [0, 0.05) is 57.2 Å². The number of nitrogens with one attached hydrogen (secondary N) is 3. The summed E-state index contributed by atoms with van der Waals surface area (Å²) >= 11 is 0. The molecule has 7 fully saturated rings. The summed E-state index contributed by atoms with van der Waals surface area (Å²) in [5.41, 5.74) is -4.56. The second-order valence-corrected chi connectivity index (χ2v) is 31.1. The number of ketones is 1. The van der Waals surface area contributed by atoms with Crippen LogP contribution >= 0.6 is 0 Å². The Kier molecular flexibility index (Phi) is 23.5. The van der Waals surface area contributed by atoms with Crippen molar-refractivity contribution in [3.63, 3.8) is 0 Å². The van der Waals surface area contributed by atoms with Crippen molar-refractivity contribution in [1.29, 1.82) is 0 Å². The van der Waals surface area contributed by atoms with Crippen LogP contribution in [0.4, 0.5) is 9.59 Å². The minimum absolute atomic E-state index is 0.0236. The summed E-state index contributed by atoms with van der Waals surface area (Å²) in [6, 6.07) is 22.8. The van der Waals surface area contributed by atoms with E-state index in [-0.39, 0.29) is 58.6 Å². The normalized spacial score (nSPS) is 32.5. The molecule has 3 amide bonds. The predicted molar refractivity (Wildman–Crippen MR) is 382 cm³/mol. The van der Waals surface area contributed by atoms with Crippen LogP contribution in [0.5, 0.6) is 0 Å². The van der Waals surface area contributed by atoms with E-state index in [4.69, 9.17) is 33.2 Å². The molecule has 1 heterocycles. The molecule has 22 heteroatoms. The molecule has 3 aromatic rings. The number of unbranched alkanes of at least 4 members (excludes halogenated alkanes) is 3. The average molecular weight is 1430 g/mol. The van der Waals surface area contributed by atoms with E-state index in [2.05, 4.69) is 60.7 Å². The van der Waals surface area contributed by atoms with Crippen LogP contribution in [0.3, 0.4) is 0 Å². The fraction of sp³-hybridized carbons (Fsp3) is 0.561. The van der Waals surface area contributed by atoms with Crippen molar-refractivity contribution in [1.82, 2.24) is 16.0 Å². The quantitative estimate of drug-likeness (QED) is 0.0190. The van der Waals surface area contributed by atoms with Gasteiger partial charge >= 0.3 is 36.1 Å². The van der Waals surface area contributed by atoms with Crippen molar-refractivity contribution < 1.29 is 91.9 Å². The third-order valence-corrected chi connectivity index (χ3v) is 24.2. The van der Waals surface area contributed by atoms with E-state index >= 15 is 4.79 Å². The van der Waals surface area contributed by atoms with Crippen molar-refractivity contribution in [2.45, 2.75) is 224 Å². The number of esters is 4. The van der Waals surface area contributed by atoms with Gasteiger partial charge in [0.25, 0.3) is 5.91 Å². The summed E-state index contributed by atoms with van der Waals surface area (Å²) in [5.74, 6) is -5.79. The maximum absolute atomic E-state index is 16.5. The number of benzene rings is 3. The second-order valence-electron chi connectivity index (χ2n) is 31.1. The zero-order chi connectivity index (χ0) is 74.6. The first-order valence-corrected chi connectivity index (χ1v) is 37.1. The Morgan fingerprint density at radius 3 is 2.03 bits per heavy atom. The fourth-order valence-corrected chi connectivity index (χ4v) is 18.4. The van der Waals surface area contributed by atoms with Crippen LogP contribution in [0.25, 0.3) is 0 Å². The number of hydrogen-bond acceptors (Lipinski definition) is 19. The smallest absolute Gasteiger partial charge is 0.407 e. The van der Waals surface area contributed by atoms with Crippen molar-refractivity contribution in [2.24, 2.45) is 45.8 Å². The van der Waals surface area contributed by atoms with Crippen LogP contribution in [-0.2, 0) is 52.3 Å². The van der Waals surface area contributed by atoms with Gasteiger partial charge in [-0.2, -0.15) is 0 Å². The van der Waals surface area contributed by atoms with Gasteiger partial charge in [0.05, 0.1) is 41.8 Å². The highest BCUT2D eigenvalue weighted by molar-refractivity contribution is 5.96. The number of alkyl carbamates (subject to hydrolysis) is 2. The Labute approximate surface area is 608 Å². The largest absolute Gasteiger partial charge is 0.456 e. The number of aliphatic hydroxyl groups is 4. The molecule has 7 aliphatic carbocycles. The lowest BCUT2D eigenvalue weighted by atomic mass is 9.44. The highest BCUT2D eigenvalue weighted by Gasteiger charge is 2.79. The van der Waals surface area contributed by atoms with Crippen molar-refractivity contribution in [3.8, 4) is 0 Å². The molecule has 8 aliphatic rings. The highest BCUT2D eigenvalue weighted by atomic mass is 16.6. The van der Waals surface area contributed by atoms with Gasteiger partial charge < -0.3 is 69.5 Å². The van der Waals surface area contributed by atoms with Crippen molar-refractivity contribution >= 4 is 47.8 Å². The first kappa shape index (κ1) is 76.8. The van der Waals surface area contributed by atoms with Crippen LogP contribution in [0, 0.1) is 45.8 Å². The zero-order valence-corrected chi connectivity index (χ0v) is 61.0. The summed E-state index contributed by atoms with van der Waals surface area (Å²) in [6.45, 7) is 17.2. The van der Waals surface area contributed by atoms with Gasteiger partial charge in [-0.3, -0.25) is 19.2 Å². The summed E-state index contributed by atoms with van der Waals surface area (Å²) in [4.78, 5) is 115. The van der Waals surface area contributed by atoms with Crippen LogP contribution in [0.15, 0.2) is 150 Å². The van der Waals surface area contributed by atoms with Crippen LogP contribution in [-0.4, -0.2) is 154 Å². The Morgan fingerprint density at radius 1 is 0.760 bits per heavy atom. The van der Waals surface area contributed by atoms with E-state index < -0.39 is 144 Å². The lowest BCUT2D eigenvalue weighted by Crippen LogP contribution is -2.82. The maximum Gasteiger partial charge on any atom is 0.407 e. The lowest BCUT2D eigenvalue weighted by Gasteiger charge is -2.67. The Morgan fingerprint density at radius 2 is 1.40 bits per heavy atom. The summed E-state index contributed by atoms with van der Waals surface area (Å²) in [7, 11) is 0. The molecule has 0 aromatic heterocycles. The summed E-state index contributed by atoms with van der Waals surface area (Å²) in [6.07, 6.45) is 5.16. The summed E-state index contributed by atoms with van der Waals surface area (Å²) < 4.78 is 43.9. The first-order valence-electron chi connectivity index (χ1n) is 37.1. The molecule has 0 radical (unpaired) electrons. The van der Waals surface area contributed by atoms with Crippen molar-refractivity contribution in [2.75, 3.05) is 19.7 Å². The number of Topliss-reactive ketones (excluding diaryl/α,β-unsaturated/α-hetero) is 1. The first-order chi connectivity index (χ1) is 49.5. The van der Waals surface area contributed by atoms with E-state index in [0.29, 0.717) is 68.0 Å². The number of rotatable bonds is 24. The lowest BCUT2D eigenvalue weighted by molar-refractivity contribution is -0.345.